The number of nitrogens with one attached hydrogen (secondary N) is 1. The van der Waals surface area contributed by atoms with Gasteiger partial charge in [0.15, 0.2) is 0 Å². The number of nitrogens with zero attached hydrogens (tertiary/aromatic N) is 1. The van der Waals surface area contributed by atoms with Gasteiger partial charge in [0.05, 0.1) is 6.04 Å². The summed E-state index contributed by atoms with van der Waals surface area (Å²) in [6, 6.07) is 11.3. The van der Waals surface area contributed by atoms with Crippen molar-refractivity contribution in [1.82, 2.24) is 4.90 Å². The van der Waals surface area contributed by atoms with Gasteiger partial charge in [-0.3, -0.25) is 14.4 Å². The molecule has 4 rings (SSSR count). The predicted octanol–water partition coefficient (Wildman–Crippen LogP) is 4.23. The van der Waals surface area contributed by atoms with Crippen LogP contribution in [-0.4, -0.2) is 40.4 Å². The number of anilines is 1. The zero-order valence-corrected chi connectivity index (χ0v) is 18.2. The number of hydrogen-bond acceptors (Lipinski definition) is 3. The van der Waals surface area contributed by atoms with Gasteiger partial charge in [-0.1, -0.05) is 53.6 Å². The van der Waals surface area contributed by atoms with Gasteiger partial charge >= 0.3 is 5.97 Å². The summed E-state index contributed by atoms with van der Waals surface area (Å²) in [4.78, 5) is 39.7. The largest absolute Gasteiger partial charge is 0.480 e. The van der Waals surface area contributed by atoms with Gasteiger partial charge in [-0.15, -0.1) is 0 Å². The number of benzene rings is 2. The first kappa shape index (κ1) is 21.4. The van der Waals surface area contributed by atoms with E-state index in [0.29, 0.717) is 26.9 Å². The van der Waals surface area contributed by atoms with E-state index in [4.69, 9.17) is 23.2 Å². The molecular formula is C23H20Cl2N2O4. The highest BCUT2D eigenvalue weighted by Crippen LogP contribution is 2.56. The maximum atomic E-state index is 13.7. The molecule has 160 valence electrons. The molecule has 2 N–H and O–H groups in total. The van der Waals surface area contributed by atoms with E-state index >= 15 is 0 Å². The third-order valence-corrected chi connectivity index (χ3v) is 6.54. The lowest BCUT2D eigenvalue weighted by atomic mass is 9.58. The van der Waals surface area contributed by atoms with Crippen LogP contribution >= 0.6 is 23.2 Å². The van der Waals surface area contributed by atoms with Gasteiger partial charge in [0, 0.05) is 28.1 Å². The minimum Gasteiger partial charge on any atom is -0.480 e. The molecule has 0 aromatic heterocycles. The maximum Gasteiger partial charge on any atom is 0.323 e. The van der Waals surface area contributed by atoms with Crippen LogP contribution in [-0.2, 0) is 19.8 Å². The summed E-state index contributed by atoms with van der Waals surface area (Å²) in [6.07, 6.45) is -0.0487. The Hall–Kier alpha value is -2.83. The number of halogens is 2. The van der Waals surface area contributed by atoms with Crippen LogP contribution < -0.4 is 5.32 Å². The highest BCUT2D eigenvalue weighted by Gasteiger charge is 2.63. The van der Waals surface area contributed by atoms with Gasteiger partial charge in [-0.05, 0) is 42.3 Å². The first-order chi connectivity index (χ1) is 14.7. The first-order valence-corrected chi connectivity index (χ1v) is 10.5. The molecule has 8 heteroatoms. The van der Waals surface area contributed by atoms with Gasteiger partial charge in [0.25, 0.3) is 0 Å². The summed E-state index contributed by atoms with van der Waals surface area (Å²) in [7, 11) is 0. The fraction of sp³-hybridized carbons (Fsp3) is 0.261. The Bertz CT molecular complexity index is 1130. The van der Waals surface area contributed by atoms with Crippen LogP contribution in [0.1, 0.15) is 30.4 Å². The van der Waals surface area contributed by atoms with Gasteiger partial charge in [0.1, 0.15) is 12.0 Å². The fourth-order valence-electron chi connectivity index (χ4n) is 5.06. The average Bonchev–Trinajstić information content (AvgIpc) is 2.95. The summed E-state index contributed by atoms with van der Waals surface area (Å²) < 4.78 is 0. The van der Waals surface area contributed by atoms with Crippen molar-refractivity contribution >= 4 is 46.7 Å². The second-order valence-corrected chi connectivity index (χ2v) is 8.86. The highest BCUT2D eigenvalue weighted by atomic mass is 35.5. The van der Waals surface area contributed by atoms with Crippen molar-refractivity contribution in [1.29, 1.82) is 0 Å². The molecule has 2 aromatic carbocycles. The quantitative estimate of drug-likeness (QED) is 0.671. The van der Waals surface area contributed by atoms with Gasteiger partial charge in [-0.2, -0.15) is 0 Å². The van der Waals surface area contributed by atoms with E-state index in [-0.39, 0.29) is 18.2 Å². The molecule has 31 heavy (non-hydrogen) atoms. The Morgan fingerprint density at radius 2 is 1.94 bits per heavy atom. The van der Waals surface area contributed by atoms with E-state index in [9.17, 15) is 19.5 Å². The van der Waals surface area contributed by atoms with E-state index < -0.39 is 29.9 Å². The molecule has 0 unspecified atom stereocenters. The number of carboxylic acid groups (broad SMARTS) is 1. The molecule has 1 spiro atoms. The third kappa shape index (κ3) is 3.30. The van der Waals surface area contributed by atoms with Crippen molar-refractivity contribution in [3.8, 4) is 0 Å². The first-order valence-electron chi connectivity index (χ1n) is 9.69. The second-order valence-electron chi connectivity index (χ2n) is 7.99. The Morgan fingerprint density at radius 3 is 2.58 bits per heavy atom. The molecule has 2 aromatic rings. The lowest BCUT2D eigenvalue weighted by molar-refractivity contribution is -0.152. The van der Waals surface area contributed by atoms with Crippen LogP contribution in [0, 0.1) is 0 Å². The van der Waals surface area contributed by atoms with E-state index in [0.717, 1.165) is 5.56 Å². The molecule has 1 saturated heterocycles. The number of carbonyl (C=O) groups excluding carboxylic acids is 2. The number of hydrogen-bond donors (Lipinski definition) is 2. The van der Waals surface area contributed by atoms with E-state index in [1.54, 1.807) is 43.3 Å². The van der Waals surface area contributed by atoms with E-state index in [1.807, 2.05) is 6.07 Å². The Labute approximate surface area is 189 Å². The Balaban J connectivity index is 2.03. The number of amides is 2. The molecule has 0 radical (unpaired) electrons. The zero-order chi connectivity index (χ0) is 22.5. The van der Waals surface area contributed by atoms with Crippen LogP contribution in [0.2, 0.25) is 10.0 Å². The van der Waals surface area contributed by atoms with Gasteiger partial charge < -0.3 is 15.3 Å². The number of fused-ring (bicyclic) bond motifs is 2. The highest BCUT2D eigenvalue weighted by molar-refractivity contribution is 6.31. The van der Waals surface area contributed by atoms with Crippen molar-refractivity contribution in [2.24, 2.45) is 0 Å². The monoisotopic (exact) mass is 458 g/mol. The summed E-state index contributed by atoms with van der Waals surface area (Å²) >= 11 is 12.4. The molecule has 0 aliphatic carbocycles. The Morgan fingerprint density at radius 1 is 1.23 bits per heavy atom. The smallest absolute Gasteiger partial charge is 0.323 e. The van der Waals surface area contributed by atoms with Crippen LogP contribution in [0.3, 0.4) is 0 Å². The molecule has 2 aliphatic rings. The predicted molar refractivity (Wildman–Crippen MR) is 119 cm³/mol. The minimum atomic E-state index is -1.28. The van der Waals surface area contributed by atoms with Crippen LogP contribution in [0.25, 0.3) is 0 Å². The van der Waals surface area contributed by atoms with E-state index in [2.05, 4.69) is 11.9 Å². The normalized spacial score (nSPS) is 24.8. The molecule has 2 amide bonds. The lowest BCUT2D eigenvalue weighted by Crippen LogP contribution is -2.64. The average molecular weight is 459 g/mol. The molecular weight excluding hydrogens is 439 g/mol. The van der Waals surface area contributed by atoms with Crippen LogP contribution in [0.15, 0.2) is 54.6 Å². The number of carbonyl (C=O) groups is 3. The van der Waals surface area contributed by atoms with Gasteiger partial charge in [-0.25, -0.2) is 0 Å². The number of likely N-dealkylation sites (tertiary alicyclic amines) is 1. The zero-order valence-electron chi connectivity index (χ0n) is 16.7. The van der Waals surface area contributed by atoms with Crippen molar-refractivity contribution in [2.75, 3.05) is 11.9 Å². The van der Waals surface area contributed by atoms with Crippen molar-refractivity contribution in [3.05, 3.63) is 75.8 Å². The van der Waals surface area contributed by atoms with Crippen molar-refractivity contribution < 1.29 is 19.5 Å². The fourth-order valence-corrected chi connectivity index (χ4v) is 5.43. The second kappa shape index (κ2) is 7.70. The number of piperidine rings is 1. The third-order valence-electron chi connectivity index (χ3n) is 6.07. The summed E-state index contributed by atoms with van der Waals surface area (Å²) in [5, 5.41) is 13.3. The van der Waals surface area contributed by atoms with Crippen LogP contribution in [0.4, 0.5) is 5.69 Å². The molecule has 6 nitrogen and oxygen atoms in total. The lowest BCUT2D eigenvalue weighted by Gasteiger charge is -2.51. The summed E-state index contributed by atoms with van der Waals surface area (Å²) in [6.45, 7) is 5.21. The molecule has 0 bridgehead atoms. The number of carboxylic acids is 1. The standard InChI is InChI=1S/C23H20Cl2N2O4/c1-12(2)21-23(16-7-6-15(25)9-18(16)26-22(23)31)17(13-4-3-5-14(24)8-13)10-19(28)27(21)11-20(29)30/h3-9,17,21H,1,10-11H2,2H3,(H,26,31)(H,29,30)/t17-,21+,23-/m0/s1. The molecule has 1 fully saturated rings. The topological polar surface area (TPSA) is 86.7 Å². The van der Waals surface area contributed by atoms with Crippen LogP contribution in [0.5, 0.6) is 0 Å². The van der Waals surface area contributed by atoms with Gasteiger partial charge in [0.2, 0.25) is 11.8 Å². The number of rotatable bonds is 4. The van der Waals surface area contributed by atoms with E-state index in [1.165, 1.54) is 4.90 Å². The molecule has 2 heterocycles. The summed E-state index contributed by atoms with van der Waals surface area (Å²) in [5.74, 6) is -2.43. The molecule has 2 aliphatic heterocycles. The Kier molecular flexibility index (Phi) is 5.31. The molecule has 3 atom stereocenters. The molecule has 0 saturated carbocycles. The summed E-state index contributed by atoms with van der Waals surface area (Å²) in [5.41, 5.74) is 1.15. The SMILES string of the molecule is C=C(C)[C@H]1N(CC(=O)O)C(=O)C[C@@H](c2cccc(Cl)c2)[C@]12C(=O)Nc1cc(Cl)ccc12. The maximum absolute atomic E-state index is 13.7. The number of aliphatic carboxylic acids is 1. The van der Waals surface area contributed by atoms with Crippen molar-refractivity contribution in [3.63, 3.8) is 0 Å². The van der Waals surface area contributed by atoms with Crippen molar-refractivity contribution in [2.45, 2.75) is 30.7 Å². The minimum absolute atomic E-state index is 0.0487.